The Labute approximate surface area is 135 Å². The van der Waals surface area contributed by atoms with Gasteiger partial charge in [0.05, 0.1) is 26.0 Å². The molecule has 2 amide bonds. The highest BCUT2D eigenvalue weighted by atomic mass is 16.6. The lowest BCUT2D eigenvalue weighted by atomic mass is 10.1. The third kappa shape index (κ3) is 7.07. The molecule has 1 rings (SSSR count). The minimum absolute atomic E-state index is 0.0419. The van der Waals surface area contributed by atoms with E-state index in [0.29, 0.717) is 18.2 Å². The van der Waals surface area contributed by atoms with Crippen LogP contribution in [-0.4, -0.2) is 37.2 Å². The molecule has 0 radical (unpaired) electrons. The van der Waals surface area contributed by atoms with Crippen LogP contribution in [0.25, 0.3) is 0 Å². The minimum Gasteiger partial charge on any atom is -0.491 e. The maximum absolute atomic E-state index is 11.6. The molecule has 1 aromatic rings. The fourth-order valence-corrected chi connectivity index (χ4v) is 1.55. The number of rotatable bonds is 8. The zero-order chi connectivity index (χ0) is 17.2. The summed E-state index contributed by atoms with van der Waals surface area (Å²) in [4.78, 5) is 26.8. The van der Waals surface area contributed by atoms with Gasteiger partial charge >= 0.3 is 6.09 Å². The monoisotopic (exact) mass is 325 g/mol. The molecule has 0 unspecified atom stereocenters. The van der Waals surface area contributed by atoms with E-state index in [2.05, 4.69) is 18.8 Å². The van der Waals surface area contributed by atoms with Gasteiger partial charge in [0.2, 0.25) is 5.91 Å². The molecular weight excluding hydrogens is 302 g/mol. The maximum atomic E-state index is 11.6. The number of nitrogens with zero attached hydrogens (tertiary/aromatic N) is 1. The van der Waals surface area contributed by atoms with Crippen molar-refractivity contribution in [1.82, 2.24) is 10.3 Å². The second-order valence-electron chi connectivity index (χ2n) is 5.19. The number of aromatic nitrogens is 1. The van der Waals surface area contributed by atoms with Gasteiger partial charge in [-0.15, -0.1) is 0 Å². The largest absolute Gasteiger partial charge is 0.491 e. The van der Waals surface area contributed by atoms with E-state index in [0.717, 1.165) is 6.42 Å². The number of hydrogen-bond acceptors (Lipinski definition) is 7. The molecule has 3 N–H and O–H groups in total. The predicted molar refractivity (Wildman–Crippen MR) is 83.1 cm³/mol. The van der Waals surface area contributed by atoms with Gasteiger partial charge in [-0.05, 0) is 24.5 Å². The summed E-state index contributed by atoms with van der Waals surface area (Å²) in [6.07, 6.45) is -0.0209. The van der Waals surface area contributed by atoms with Gasteiger partial charge in [0.15, 0.2) is 5.75 Å². The zero-order valence-electron chi connectivity index (χ0n) is 13.6. The van der Waals surface area contributed by atoms with Crippen molar-refractivity contribution in [2.45, 2.75) is 26.9 Å². The predicted octanol–water partition coefficient (Wildman–Crippen LogP) is 1.23. The number of nitrogens with two attached hydrogens (primary N) is 1. The van der Waals surface area contributed by atoms with E-state index in [9.17, 15) is 9.59 Å². The van der Waals surface area contributed by atoms with E-state index in [1.807, 2.05) is 5.32 Å². The van der Waals surface area contributed by atoms with Crippen molar-refractivity contribution in [1.29, 1.82) is 0 Å². The lowest BCUT2D eigenvalue weighted by Gasteiger charge is -2.11. The van der Waals surface area contributed by atoms with Gasteiger partial charge in [-0.25, -0.2) is 9.78 Å². The molecule has 0 atom stereocenters. The van der Waals surface area contributed by atoms with Crippen molar-refractivity contribution in [2.75, 3.05) is 20.3 Å². The average molecular weight is 325 g/mol. The van der Waals surface area contributed by atoms with Crippen molar-refractivity contribution >= 4 is 12.0 Å². The second-order valence-corrected chi connectivity index (χ2v) is 5.19. The summed E-state index contributed by atoms with van der Waals surface area (Å²) in [5.41, 5.74) is 5.69. The number of pyridine rings is 1. The number of nitrogens with one attached hydrogen (secondary N) is 1. The van der Waals surface area contributed by atoms with Crippen LogP contribution in [0.2, 0.25) is 0 Å². The molecule has 0 aliphatic rings. The van der Waals surface area contributed by atoms with E-state index in [1.165, 1.54) is 7.11 Å². The van der Waals surface area contributed by atoms with E-state index in [1.54, 1.807) is 12.1 Å². The highest BCUT2D eigenvalue weighted by Gasteiger charge is 2.14. The van der Waals surface area contributed by atoms with Crippen LogP contribution < -0.4 is 20.5 Å². The Balaban J connectivity index is 2.67. The normalized spacial score (nSPS) is 10.5. The fraction of sp³-hybridized carbons (Fsp3) is 0.533. The van der Waals surface area contributed by atoms with Crippen LogP contribution in [0.4, 0.5) is 4.79 Å². The Morgan fingerprint density at radius 1 is 1.35 bits per heavy atom. The van der Waals surface area contributed by atoms with Gasteiger partial charge in [0, 0.05) is 6.61 Å². The van der Waals surface area contributed by atoms with Gasteiger partial charge in [0.25, 0.3) is 5.88 Å². The Bertz CT molecular complexity index is 534. The van der Waals surface area contributed by atoms with Crippen LogP contribution in [0.5, 0.6) is 11.6 Å². The molecule has 1 heterocycles. The Kier molecular flexibility index (Phi) is 8.00. The quantitative estimate of drug-likeness (QED) is 0.691. The summed E-state index contributed by atoms with van der Waals surface area (Å²) < 4.78 is 15.6. The topological polar surface area (TPSA) is 113 Å². The standard InChI is InChI=1S/C15H23N3O5/c1-10(2)6-7-22-9-11-4-5-12(21-3)14(17-11)23-15(20)18-13(19)8-16/h4-5,10H,6-9,16H2,1-3H3,(H,18,19,20). The van der Waals surface area contributed by atoms with Gasteiger partial charge in [-0.3, -0.25) is 10.1 Å². The Morgan fingerprint density at radius 2 is 2.09 bits per heavy atom. The number of carbonyl (C=O) groups is 2. The van der Waals surface area contributed by atoms with E-state index >= 15 is 0 Å². The van der Waals surface area contributed by atoms with Gasteiger partial charge < -0.3 is 19.9 Å². The molecule has 8 nitrogen and oxygen atoms in total. The first kappa shape index (κ1) is 18.9. The van der Waals surface area contributed by atoms with Gasteiger partial charge in [-0.2, -0.15) is 0 Å². The molecule has 0 bridgehead atoms. The molecule has 0 aromatic carbocycles. The summed E-state index contributed by atoms with van der Waals surface area (Å²) in [6, 6.07) is 3.32. The molecule has 8 heteroatoms. The maximum Gasteiger partial charge on any atom is 0.420 e. The van der Waals surface area contributed by atoms with Gasteiger partial charge in [-0.1, -0.05) is 13.8 Å². The minimum atomic E-state index is -0.968. The van der Waals surface area contributed by atoms with Crippen LogP contribution in [0, 0.1) is 5.92 Å². The van der Waals surface area contributed by atoms with Crippen LogP contribution in [0.1, 0.15) is 26.0 Å². The molecule has 0 aliphatic heterocycles. The first-order chi connectivity index (χ1) is 11.0. The molecular formula is C15H23N3O5. The molecule has 0 saturated heterocycles. The van der Waals surface area contributed by atoms with E-state index in [4.69, 9.17) is 19.9 Å². The highest BCUT2D eigenvalue weighted by molar-refractivity contribution is 5.93. The van der Waals surface area contributed by atoms with Crippen LogP contribution >= 0.6 is 0 Å². The Morgan fingerprint density at radius 3 is 2.70 bits per heavy atom. The molecule has 0 aliphatic carbocycles. The molecule has 23 heavy (non-hydrogen) atoms. The zero-order valence-corrected chi connectivity index (χ0v) is 13.6. The number of methoxy groups -OCH3 is 1. The lowest BCUT2D eigenvalue weighted by Crippen LogP contribution is -2.37. The van der Waals surface area contributed by atoms with Crippen molar-refractivity contribution in [2.24, 2.45) is 11.7 Å². The van der Waals surface area contributed by atoms with E-state index < -0.39 is 12.0 Å². The number of carbonyl (C=O) groups excluding carboxylic acids is 2. The number of hydrogen-bond donors (Lipinski definition) is 2. The Hall–Kier alpha value is -2.19. The number of imide groups is 1. The van der Waals surface area contributed by atoms with Crippen LogP contribution in [-0.2, 0) is 16.1 Å². The SMILES string of the molecule is COc1ccc(COCCC(C)C)nc1OC(=O)NC(=O)CN. The van der Waals surface area contributed by atoms with Crippen LogP contribution in [0.15, 0.2) is 12.1 Å². The number of ether oxygens (including phenoxy) is 3. The van der Waals surface area contributed by atoms with Gasteiger partial charge in [0.1, 0.15) is 0 Å². The first-order valence-electron chi connectivity index (χ1n) is 7.29. The summed E-state index contributed by atoms with van der Waals surface area (Å²) in [5, 5.41) is 1.96. The molecule has 0 spiro atoms. The summed E-state index contributed by atoms with van der Waals surface area (Å²) in [7, 11) is 1.42. The number of amides is 2. The molecule has 0 saturated carbocycles. The average Bonchev–Trinajstić information content (AvgIpc) is 2.51. The first-order valence-corrected chi connectivity index (χ1v) is 7.29. The highest BCUT2D eigenvalue weighted by Crippen LogP contribution is 2.24. The van der Waals surface area contributed by atoms with Crippen molar-refractivity contribution < 1.29 is 23.8 Å². The summed E-state index contributed by atoms with van der Waals surface area (Å²) in [5.74, 6) is 0.134. The molecule has 1 aromatic heterocycles. The third-order valence-electron chi connectivity index (χ3n) is 2.81. The van der Waals surface area contributed by atoms with Crippen molar-refractivity contribution in [3.8, 4) is 11.6 Å². The molecule has 128 valence electrons. The lowest BCUT2D eigenvalue weighted by molar-refractivity contribution is -0.118. The van der Waals surface area contributed by atoms with E-state index in [-0.39, 0.29) is 24.8 Å². The fourth-order valence-electron chi connectivity index (χ4n) is 1.55. The third-order valence-corrected chi connectivity index (χ3v) is 2.81. The van der Waals surface area contributed by atoms with Crippen molar-refractivity contribution in [3.63, 3.8) is 0 Å². The smallest absolute Gasteiger partial charge is 0.420 e. The van der Waals surface area contributed by atoms with Crippen LogP contribution in [0.3, 0.4) is 0 Å². The van der Waals surface area contributed by atoms with Crippen molar-refractivity contribution in [3.05, 3.63) is 17.8 Å². The molecule has 0 fully saturated rings. The summed E-state index contributed by atoms with van der Waals surface area (Å²) in [6.45, 7) is 4.82. The summed E-state index contributed by atoms with van der Waals surface area (Å²) >= 11 is 0. The second kappa shape index (κ2) is 9.75.